The lowest BCUT2D eigenvalue weighted by atomic mass is 9.87. The van der Waals surface area contributed by atoms with Gasteiger partial charge in [-0.2, -0.15) is 0 Å². The molecule has 2 rings (SSSR count). The van der Waals surface area contributed by atoms with Crippen LogP contribution in [0.15, 0.2) is 46.8 Å². The van der Waals surface area contributed by atoms with Crippen LogP contribution < -0.4 is 10.6 Å². The van der Waals surface area contributed by atoms with Crippen LogP contribution in [-0.4, -0.2) is 64.3 Å². The van der Waals surface area contributed by atoms with Crippen LogP contribution in [0.3, 0.4) is 0 Å². The van der Waals surface area contributed by atoms with Crippen molar-refractivity contribution in [1.29, 1.82) is 0 Å². The number of nitrogens with zero attached hydrogens (tertiary/aromatic N) is 2. The zero-order valence-corrected chi connectivity index (χ0v) is 19.1. The van der Waals surface area contributed by atoms with Gasteiger partial charge in [0.1, 0.15) is 0 Å². The van der Waals surface area contributed by atoms with Crippen LogP contribution in [0, 0.1) is 0 Å². The van der Waals surface area contributed by atoms with Gasteiger partial charge in [-0.15, -0.1) is 6.58 Å². The highest BCUT2D eigenvalue weighted by atomic mass is 32.2. The van der Waals surface area contributed by atoms with Gasteiger partial charge in [0, 0.05) is 39.3 Å². The second-order valence-electron chi connectivity index (χ2n) is 8.60. The Morgan fingerprint density at radius 3 is 2.38 bits per heavy atom. The molecule has 1 aliphatic rings. The average molecular weight is 421 g/mol. The maximum Gasteiger partial charge on any atom is 0.191 e. The van der Waals surface area contributed by atoms with Crippen molar-refractivity contribution in [3.8, 4) is 0 Å². The SMILES string of the molecule is C=CCN1CCC(NC(=NC)NCCS(=O)(=O)c2ccc(C(C)(C)C)cc2)CC1. The molecule has 0 amide bonds. The Morgan fingerprint density at radius 1 is 1.24 bits per heavy atom. The summed E-state index contributed by atoms with van der Waals surface area (Å²) in [6, 6.07) is 7.57. The van der Waals surface area contributed by atoms with Crippen LogP contribution in [0.1, 0.15) is 39.2 Å². The molecular formula is C22H36N4O2S. The summed E-state index contributed by atoms with van der Waals surface area (Å²) in [7, 11) is -1.62. The Morgan fingerprint density at radius 2 is 1.86 bits per heavy atom. The number of nitrogens with one attached hydrogen (secondary N) is 2. The van der Waals surface area contributed by atoms with Gasteiger partial charge in [0.25, 0.3) is 0 Å². The molecule has 0 unspecified atom stereocenters. The van der Waals surface area contributed by atoms with Crippen molar-refractivity contribution >= 4 is 15.8 Å². The summed E-state index contributed by atoms with van der Waals surface area (Å²) >= 11 is 0. The van der Waals surface area contributed by atoms with E-state index < -0.39 is 9.84 Å². The summed E-state index contributed by atoms with van der Waals surface area (Å²) in [6.45, 7) is 13.4. The lowest BCUT2D eigenvalue weighted by Crippen LogP contribution is -2.49. The molecular weight excluding hydrogens is 384 g/mol. The topological polar surface area (TPSA) is 73.8 Å². The smallest absolute Gasteiger partial charge is 0.191 e. The summed E-state index contributed by atoms with van der Waals surface area (Å²) in [4.78, 5) is 6.98. The van der Waals surface area contributed by atoms with E-state index in [4.69, 9.17) is 0 Å². The van der Waals surface area contributed by atoms with Gasteiger partial charge in [-0.1, -0.05) is 39.0 Å². The van der Waals surface area contributed by atoms with Gasteiger partial charge < -0.3 is 10.6 Å². The van der Waals surface area contributed by atoms with E-state index in [0.29, 0.717) is 23.4 Å². The Labute approximate surface area is 176 Å². The molecule has 0 saturated carbocycles. The predicted molar refractivity (Wildman–Crippen MR) is 121 cm³/mol. The number of hydrogen-bond donors (Lipinski definition) is 2. The quantitative estimate of drug-likeness (QED) is 0.403. The van der Waals surface area contributed by atoms with E-state index in [-0.39, 0.29) is 11.2 Å². The van der Waals surface area contributed by atoms with Crippen molar-refractivity contribution in [2.45, 2.75) is 50.0 Å². The molecule has 7 heteroatoms. The molecule has 162 valence electrons. The standard InChI is InChI=1S/C22H36N4O2S/c1-6-14-26-15-11-19(12-16-26)25-21(23-5)24-13-17-29(27,28)20-9-7-18(8-10-20)22(2,3)4/h6-10,19H,1,11-17H2,2-5H3,(H2,23,24,25). The number of rotatable bonds is 7. The normalized spacial score (nSPS) is 17.2. The third kappa shape index (κ3) is 7.16. The second-order valence-corrected chi connectivity index (χ2v) is 10.7. The van der Waals surface area contributed by atoms with E-state index in [1.54, 1.807) is 19.2 Å². The highest BCUT2D eigenvalue weighted by molar-refractivity contribution is 7.91. The lowest BCUT2D eigenvalue weighted by Gasteiger charge is -2.32. The number of guanidine groups is 1. The molecule has 1 aliphatic heterocycles. The monoisotopic (exact) mass is 420 g/mol. The first kappa shape index (κ1) is 23.4. The van der Waals surface area contributed by atoms with Crippen LogP contribution in [0.2, 0.25) is 0 Å². The van der Waals surface area contributed by atoms with E-state index in [9.17, 15) is 8.42 Å². The molecule has 1 aromatic rings. The molecule has 0 spiro atoms. The molecule has 0 aliphatic carbocycles. The van der Waals surface area contributed by atoms with Gasteiger partial charge in [-0.25, -0.2) is 8.42 Å². The fraction of sp³-hybridized carbons (Fsp3) is 0.591. The van der Waals surface area contributed by atoms with Crippen LogP contribution in [0.5, 0.6) is 0 Å². The first-order valence-corrected chi connectivity index (χ1v) is 11.9. The average Bonchev–Trinajstić information content (AvgIpc) is 2.68. The van der Waals surface area contributed by atoms with E-state index in [1.165, 1.54) is 0 Å². The second kappa shape index (κ2) is 10.3. The number of benzene rings is 1. The van der Waals surface area contributed by atoms with E-state index in [0.717, 1.165) is 38.0 Å². The minimum absolute atomic E-state index is 0.00381. The summed E-state index contributed by atoms with van der Waals surface area (Å²) in [5.74, 6) is 0.686. The van der Waals surface area contributed by atoms with Gasteiger partial charge in [-0.05, 0) is 36.0 Å². The fourth-order valence-electron chi connectivity index (χ4n) is 3.41. The molecule has 0 aromatic heterocycles. The van der Waals surface area contributed by atoms with E-state index in [2.05, 4.69) is 47.9 Å². The van der Waals surface area contributed by atoms with Crippen molar-refractivity contribution in [3.63, 3.8) is 0 Å². The Balaban J connectivity index is 1.83. The lowest BCUT2D eigenvalue weighted by molar-refractivity contribution is 0.225. The minimum atomic E-state index is -3.33. The number of piperidine rings is 1. The Bertz CT molecular complexity index is 787. The summed E-state index contributed by atoms with van der Waals surface area (Å²) in [5.41, 5.74) is 1.13. The zero-order chi connectivity index (χ0) is 21.5. The molecule has 6 nitrogen and oxygen atoms in total. The number of hydrogen-bond acceptors (Lipinski definition) is 4. The summed E-state index contributed by atoms with van der Waals surface area (Å²) in [6.07, 6.45) is 4.01. The third-order valence-electron chi connectivity index (χ3n) is 5.28. The van der Waals surface area contributed by atoms with Crippen molar-refractivity contribution in [2.75, 3.05) is 39.0 Å². The van der Waals surface area contributed by atoms with Gasteiger partial charge in [-0.3, -0.25) is 9.89 Å². The van der Waals surface area contributed by atoms with E-state index in [1.807, 2.05) is 18.2 Å². The molecule has 1 heterocycles. The maximum absolute atomic E-state index is 12.6. The first-order valence-electron chi connectivity index (χ1n) is 10.3. The number of aliphatic imine (C=N–C) groups is 1. The predicted octanol–water partition coefficient (Wildman–Crippen LogP) is 2.57. The van der Waals surface area contributed by atoms with Gasteiger partial charge in [0.15, 0.2) is 15.8 Å². The highest BCUT2D eigenvalue weighted by Crippen LogP contribution is 2.23. The van der Waals surface area contributed by atoms with E-state index >= 15 is 0 Å². The van der Waals surface area contributed by atoms with Crippen LogP contribution in [0.25, 0.3) is 0 Å². The minimum Gasteiger partial charge on any atom is -0.355 e. The molecule has 0 atom stereocenters. The summed E-state index contributed by atoms with van der Waals surface area (Å²) < 4.78 is 25.3. The molecule has 0 radical (unpaired) electrons. The van der Waals surface area contributed by atoms with Crippen molar-refractivity contribution in [2.24, 2.45) is 4.99 Å². The molecule has 0 bridgehead atoms. The first-order chi connectivity index (χ1) is 13.7. The van der Waals surface area contributed by atoms with Crippen LogP contribution in [-0.2, 0) is 15.3 Å². The Kier molecular flexibility index (Phi) is 8.28. The van der Waals surface area contributed by atoms with Crippen LogP contribution >= 0.6 is 0 Å². The van der Waals surface area contributed by atoms with Gasteiger partial charge in [0.05, 0.1) is 10.6 Å². The molecule has 29 heavy (non-hydrogen) atoms. The van der Waals surface area contributed by atoms with Gasteiger partial charge in [0.2, 0.25) is 0 Å². The van der Waals surface area contributed by atoms with Gasteiger partial charge >= 0.3 is 0 Å². The third-order valence-corrected chi connectivity index (χ3v) is 7.01. The van der Waals surface area contributed by atoms with Crippen molar-refractivity contribution < 1.29 is 8.42 Å². The summed E-state index contributed by atoms with van der Waals surface area (Å²) in [5, 5.41) is 6.55. The number of sulfone groups is 1. The van der Waals surface area contributed by atoms with Crippen molar-refractivity contribution in [3.05, 3.63) is 42.5 Å². The molecule has 1 saturated heterocycles. The maximum atomic E-state index is 12.6. The molecule has 1 aromatic carbocycles. The molecule has 2 N–H and O–H groups in total. The van der Waals surface area contributed by atoms with Crippen LogP contribution in [0.4, 0.5) is 0 Å². The van der Waals surface area contributed by atoms with Crippen molar-refractivity contribution in [1.82, 2.24) is 15.5 Å². The number of likely N-dealkylation sites (tertiary alicyclic amines) is 1. The Hall–Kier alpha value is -1.86. The molecule has 1 fully saturated rings. The largest absolute Gasteiger partial charge is 0.355 e. The fourth-order valence-corrected chi connectivity index (χ4v) is 4.57. The zero-order valence-electron chi connectivity index (χ0n) is 18.2. The highest BCUT2D eigenvalue weighted by Gasteiger charge is 2.20.